The number of rotatable bonds is 6. The predicted octanol–water partition coefficient (Wildman–Crippen LogP) is 3.55. The SMILES string of the molecule is COC(=O)[C@H]1C(=O)NC(SCC(=O)Nc2ccc(C)c(C)c2)=C(C#N)[C@@H]1c1ccccc1F. The van der Waals surface area contributed by atoms with E-state index < -0.39 is 29.5 Å². The minimum atomic E-state index is -1.43. The summed E-state index contributed by atoms with van der Waals surface area (Å²) in [5.74, 6) is -5.34. The van der Waals surface area contributed by atoms with E-state index in [2.05, 4.69) is 10.6 Å². The number of hydrogen-bond donors (Lipinski definition) is 2. The number of halogens is 1. The van der Waals surface area contributed by atoms with Crippen LogP contribution >= 0.6 is 11.8 Å². The first kappa shape index (κ1) is 24.0. The molecule has 3 rings (SSSR count). The van der Waals surface area contributed by atoms with Crippen LogP contribution in [0.1, 0.15) is 22.6 Å². The molecule has 2 N–H and O–H groups in total. The third kappa shape index (κ3) is 5.23. The highest BCUT2D eigenvalue weighted by Gasteiger charge is 2.45. The number of esters is 1. The van der Waals surface area contributed by atoms with Crippen LogP contribution in [-0.2, 0) is 19.1 Å². The normalized spacial score (nSPS) is 17.7. The molecule has 0 fully saturated rings. The molecule has 0 saturated carbocycles. The Bertz CT molecular complexity index is 1190. The lowest BCUT2D eigenvalue weighted by Gasteiger charge is -2.31. The third-order valence-corrected chi connectivity index (χ3v) is 6.38. The van der Waals surface area contributed by atoms with Crippen molar-refractivity contribution in [2.75, 3.05) is 18.2 Å². The van der Waals surface area contributed by atoms with Gasteiger partial charge in [-0.2, -0.15) is 5.26 Å². The topological polar surface area (TPSA) is 108 Å². The first-order valence-electron chi connectivity index (χ1n) is 10.0. The van der Waals surface area contributed by atoms with Gasteiger partial charge in [0.25, 0.3) is 0 Å². The zero-order chi connectivity index (χ0) is 24.1. The predicted molar refractivity (Wildman–Crippen MR) is 122 cm³/mol. The van der Waals surface area contributed by atoms with Crippen LogP contribution in [0.5, 0.6) is 0 Å². The van der Waals surface area contributed by atoms with Crippen LogP contribution in [0, 0.1) is 36.9 Å². The Morgan fingerprint density at radius 1 is 1.21 bits per heavy atom. The number of aryl methyl sites for hydroxylation is 2. The van der Waals surface area contributed by atoms with Crippen molar-refractivity contribution in [1.29, 1.82) is 5.26 Å². The summed E-state index contributed by atoms with van der Waals surface area (Å²) in [5.41, 5.74) is 2.75. The number of nitriles is 1. The number of thioether (sulfide) groups is 1. The van der Waals surface area contributed by atoms with Gasteiger partial charge in [-0.15, -0.1) is 0 Å². The van der Waals surface area contributed by atoms with E-state index in [-0.39, 0.29) is 27.8 Å². The van der Waals surface area contributed by atoms with Gasteiger partial charge in [0.1, 0.15) is 11.7 Å². The van der Waals surface area contributed by atoms with E-state index in [9.17, 15) is 24.0 Å². The summed E-state index contributed by atoms with van der Waals surface area (Å²) >= 11 is 0.933. The zero-order valence-corrected chi connectivity index (χ0v) is 19.1. The third-order valence-electron chi connectivity index (χ3n) is 5.36. The van der Waals surface area contributed by atoms with E-state index in [1.54, 1.807) is 12.1 Å². The summed E-state index contributed by atoms with van der Waals surface area (Å²) in [6, 6.07) is 13.1. The molecule has 2 amide bonds. The van der Waals surface area contributed by atoms with E-state index >= 15 is 0 Å². The van der Waals surface area contributed by atoms with Gasteiger partial charge < -0.3 is 15.4 Å². The van der Waals surface area contributed by atoms with Crippen LogP contribution in [0.3, 0.4) is 0 Å². The fourth-order valence-electron chi connectivity index (χ4n) is 3.54. The zero-order valence-electron chi connectivity index (χ0n) is 18.3. The molecule has 2 aromatic rings. The number of carbonyl (C=O) groups excluding carboxylic acids is 3. The second kappa shape index (κ2) is 10.3. The lowest BCUT2D eigenvalue weighted by molar-refractivity contribution is -0.150. The molecule has 0 saturated heterocycles. The molecule has 1 aliphatic rings. The maximum atomic E-state index is 14.6. The van der Waals surface area contributed by atoms with Gasteiger partial charge in [-0.25, -0.2) is 4.39 Å². The Morgan fingerprint density at radius 3 is 2.58 bits per heavy atom. The number of hydrogen-bond acceptors (Lipinski definition) is 6. The van der Waals surface area contributed by atoms with Gasteiger partial charge in [0, 0.05) is 11.6 Å². The molecule has 170 valence electrons. The molecular weight excluding hydrogens is 445 g/mol. The first-order chi connectivity index (χ1) is 15.8. The molecule has 33 heavy (non-hydrogen) atoms. The van der Waals surface area contributed by atoms with Crippen LogP contribution in [0.15, 0.2) is 53.1 Å². The van der Waals surface area contributed by atoms with Gasteiger partial charge in [-0.05, 0) is 48.7 Å². The molecule has 1 aliphatic heterocycles. The van der Waals surface area contributed by atoms with Gasteiger partial charge in [-0.3, -0.25) is 14.4 Å². The Labute approximate surface area is 195 Å². The number of amides is 2. The number of nitrogens with zero attached hydrogens (tertiary/aromatic N) is 1. The molecule has 7 nitrogen and oxygen atoms in total. The lowest BCUT2D eigenvalue weighted by atomic mass is 9.78. The van der Waals surface area contributed by atoms with E-state index in [4.69, 9.17) is 4.74 Å². The van der Waals surface area contributed by atoms with Crippen molar-refractivity contribution in [2.24, 2.45) is 5.92 Å². The fraction of sp³-hybridized carbons (Fsp3) is 0.250. The summed E-state index contributed by atoms with van der Waals surface area (Å²) in [6.07, 6.45) is 0. The molecule has 0 unspecified atom stereocenters. The number of allylic oxidation sites excluding steroid dienone is 1. The molecule has 0 aliphatic carbocycles. The molecule has 0 aromatic heterocycles. The maximum absolute atomic E-state index is 14.6. The number of anilines is 1. The van der Waals surface area contributed by atoms with Gasteiger partial charge in [0.2, 0.25) is 11.8 Å². The molecule has 1 heterocycles. The average molecular weight is 468 g/mol. The van der Waals surface area contributed by atoms with Gasteiger partial charge in [0.15, 0.2) is 0 Å². The highest BCUT2D eigenvalue weighted by molar-refractivity contribution is 8.03. The number of methoxy groups -OCH3 is 1. The quantitative estimate of drug-likeness (QED) is 0.497. The lowest BCUT2D eigenvalue weighted by Crippen LogP contribution is -2.44. The molecule has 2 atom stereocenters. The van der Waals surface area contributed by atoms with Crippen molar-refractivity contribution in [3.63, 3.8) is 0 Å². The second-order valence-corrected chi connectivity index (χ2v) is 8.47. The monoisotopic (exact) mass is 467 g/mol. The summed E-state index contributed by atoms with van der Waals surface area (Å²) in [5, 5.41) is 15.2. The van der Waals surface area contributed by atoms with Crippen molar-refractivity contribution in [3.05, 3.63) is 75.6 Å². The number of nitrogens with one attached hydrogen (secondary N) is 2. The molecule has 0 spiro atoms. The maximum Gasteiger partial charge on any atom is 0.319 e. The van der Waals surface area contributed by atoms with E-state index in [0.717, 1.165) is 30.0 Å². The fourth-order valence-corrected chi connectivity index (χ4v) is 4.39. The molecule has 9 heteroatoms. The molecule has 0 bridgehead atoms. The summed E-state index contributed by atoms with van der Waals surface area (Å²) < 4.78 is 19.3. The van der Waals surface area contributed by atoms with Gasteiger partial charge in [-0.1, -0.05) is 36.0 Å². The van der Waals surface area contributed by atoms with Crippen LogP contribution < -0.4 is 10.6 Å². The van der Waals surface area contributed by atoms with Crippen molar-refractivity contribution in [3.8, 4) is 6.07 Å². The Balaban J connectivity index is 1.89. The summed E-state index contributed by atoms with van der Waals surface area (Å²) in [4.78, 5) is 37.6. The highest BCUT2D eigenvalue weighted by atomic mass is 32.2. The summed E-state index contributed by atoms with van der Waals surface area (Å²) in [6.45, 7) is 3.90. The van der Waals surface area contributed by atoms with E-state index in [1.165, 1.54) is 18.2 Å². The van der Waals surface area contributed by atoms with Crippen molar-refractivity contribution in [2.45, 2.75) is 19.8 Å². The highest BCUT2D eigenvalue weighted by Crippen LogP contribution is 2.41. The van der Waals surface area contributed by atoms with Crippen LogP contribution in [0.4, 0.5) is 10.1 Å². The first-order valence-corrected chi connectivity index (χ1v) is 11.0. The Morgan fingerprint density at radius 2 is 1.94 bits per heavy atom. The Hall–Kier alpha value is -3.64. The van der Waals surface area contributed by atoms with Gasteiger partial charge in [0.05, 0.1) is 29.5 Å². The van der Waals surface area contributed by atoms with E-state index in [0.29, 0.717) is 5.69 Å². The van der Waals surface area contributed by atoms with Crippen LogP contribution in [0.2, 0.25) is 0 Å². The van der Waals surface area contributed by atoms with Crippen molar-refractivity contribution in [1.82, 2.24) is 5.32 Å². The standard InChI is InChI=1S/C24H22FN3O4S/c1-13-8-9-15(10-14(13)2)27-19(29)12-33-23-17(11-26)20(16-6-4-5-7-18(16)25)21(22(30)28-23)24(31)32-3/h4-10,20-21H,12H2,1-3H3,(H,27,29)(H,28,30)/t20-,21+/m0/s1. The minimum Gasteiger partial charge on any atom is -0.468 e. The van der Waals surface area contributed by atoms with Gasteiger partial charge >= 0.3 is 5.97 Å². The number of benzene rings is 2. The largest absolute Gasteiger partial charge is 0.468 e. The van der Waals surface area contributed by atoms with Crippen molar-refractivity contribution >= 4 is 35.2 Å². The van der Waals surface area contributed by atoms with Crippen LogP contribution in [0.25, 0.3) is 0 Å². The average Bonchev–Trinajstić information content (AvgIpc) is 2.79. The molecular formula is C24H22FN3O4S. The van der Waals surface area contributed by atoms with Crippen LogP contribution in [-0.4, -0.2) is 30.6 Å². The number of ether oxygens (including phenoxy) is 1. The minimum absolute atomic E-state index is 0.0147. The molecule has 0 radical (unpaired) electrons. The second-order valence-electron chi connectivity index (χ2n) is 7.48. The Kier molecular flexibility index (Phi) is 7.51. The number of carbonyl (C=O) groups is 3. The molecule has 2 aromatic carbocycles. The summed E-state index contributed by atoms with van der Waals surface area (Å²) in [7, 11) is 1.12. The van der Waals surface area contributed by atoms with Crippen molar-refractivity contribution < 1.29 is 23.5 Å². The smallest absolute Gasteiger partial charge is 0.319 e. The van der Waals surface area contributed by atoms with E-state index in [1.807, 2.05) is 32.0 Å².